The molecule has 3 saturated heterocycles. The van der Waals surface area contributed by atoms with Crippen LogP contribution < -0.4 is 20.5 Å². The first kappa shape index (κ1) is 38.4. The van der Waals surface area contributed by atoms with Crippen molar-refractivity contribution < 1.29 is 24.9 Å². The number of H-pyrrole nitrogens is 1. The third-order valence-corrected chi connectivity index (χ3v) is 11.7. The summed E-state index contributed by atoms with van der Waals surface area (Å²) in [6, 6.07) is 28.1. The van der Waals surface area contributed by atoms with Crippen LogP contribution in [0.25, 0.3) is 21.7 Å². The van der Waals surface area contributed by atoms with Crippen molar-refractivity contribution in [3.8, 4) is 11.5 Å². The zero-order valence-electron chi connectivity index (χ0n) is 31.5. The van der Waals surface area contributed by atoms with E-state index in [0.29, 0.717) is 47.0 Å². The Hall–Kier alpha value is -4.90. The number of aliphatic hydroxyl groups excluding tert-OH is 1. The molecule has 5 N–H and O–H groups in total. The molecule has 3 atom stereocenters. The van der Waals surface area contributed by atoms with Gasteiger partial charge >= 0.3 is 6.09 Å². The lowest BCUT2D eigenvalue weighted by Crippen LogP contribution is -2.53. The fraction of sp³-hybridized carbons (Fsp3) is 0.422. The van der Waals surface area contributed by atoms with E-state index in [-0.39, 0.29) is 23.3 Å². The molecule has 1 amide bonds. The molecular formula is C45H54N4O6. The highest BCUT2D eigenvalue weighted by Crippen LogP contribution is 2.46. The molecule has 10 nitrogen and oxygen atoms in total. The van der Waals surface area contributed by atoms with E-state index in [1.807, 2.05) is 36.4 Å². The average molecular weight is 747 g/mol. The van der Waals surface area contributed by atoms with Crippen LogP contribution in [0.4, 0.5) is 10.5 Å². The average Bonchev–Trinajstić information content (AvgIpc) is 3.20. The van der Waals surface area contributed by atoms with Crippen molar-refractivity contribution in [2.75, 3.05) is 44.2 Å². The standard InChI is InChI=1S/C45H54N4O6/c50-40-20-18-36(37-19-21-42(52)47-43(37)40)41(51)29-46-24-8-4-2-1-3-5-9-27-55-34-15-11-14-33(28-34)49(45(53)54)44(39-30-48-25-22-32(39)23-26-48)38-17-10-13-31-12-6-7-16-35(31)38/h6-7,10-21,28,32,39,41,44,46,50-51H,1-5,8-9,22-27,29-30H2,(H,47,52)(H,53,54)/t39?,41-,44-/m0/s1. The number of piperidine rings is 3. The van der Waals surface area contributed by atoms with Gasteiger partial charge in [-0.25, -0.2) is 4.79 Å². The summed E-state index contributed by atoms with van der Waals surface area (Å²) in [5.41, 5.74) is 2.43. The topological polar surface area (TPSA) is 138 Å². The minimum absolute atomic E-state index is 0.0142. The van der Waals surface area contributed by atoms with Gasteiger partial charge in [-0.05, 0) is 103 Å². The second kappa shape index (κ2) is 18.2. The third kappa shape index (κ3) is 9.15. The molecule has 4 aromatic carbocycles. The molecule has 3 fully saturated rings. The van der Waals surface area contributed by atoms with Gasteiger partial charge in [0.05, 0.1) is 30.0 Å². The minimum Gasteiger partial charge on any atom is -0.506 e. The number of aromatic nitrogens is 1. The van der Waals surface area contributed by atoms with Gasteiger partial charge < -0.3 is 35.3 Å². The molecule has 0 saturated carbocycles. The number of hydrogen-bond acceptors (Lipinski definition) is 7. The molecule has 0 spiro atoms. The molecule has 3 aliphatic rings. The Balaban J connectivity index is 0.859. The molecule has 0 aliphatic carbocycles. The number of carboxylic acid groups (broad SMARTS) is 1. The molecule has 55 heavy (non-hydrogen) atoms. The number of aliphatic hydroxyl groups is 1. The number of nitrogens with zero attached hydrogens (tertiary/aromatic N) is 2. The van der Waals surface area contributed by atoms with Crippen molar-refractivity contribution in [1.29, 1.82) is 0 Å². The van der Waals surface area contributed by atoms with Gasteiger partial charge in [0.2, 0.25) is 5.56 Å². The largest absolute Gasteiger partial charge is 0.506 e. The van der Waals surface area contributed by atoms with Crippen LogP contribution in [0.5, 0.6) is 11.5 Å². The highest BCUT2D eigenvalue weighted by molar-refractivity contribution is 5.91. The highest BCUT2D eigenvalue weighted by Gasteiger charge is 2.44. The second-order valence-corrected chi connectivity index (χ2v) is 15.3. The maximum absolute atomic E-state index is 13.2. The second-order valence-electron chi connectivity index (χ2n) is 15.3. The third-order valence-electron chi connectivity index (χ3n) is 11.7. The SMILES string of the molecule is O=C(O)N(c1cccc(OCCCCCCCCCNC[C@H](O)c2ccc(O)c3[nH]c(=O)ccc23)c1)[C@@H](c1cccc2ccccc12)C1CN2CCC1CC2. The lowest BCUT2D eigenvalue weighted by Gasteiger charge is -2.50. The lowest BCUT2D eigenvalue weighted by atomic mass is 9.72. The first-order chi connectivity index (χ1) is 26.9. The Kier molecular flexibility index (Phi) is 12.7. The van der Waals surface area contributed by atoms with Gasteiger partial charge in [-0.3, -0.25) is 9.69 Å². The number of phenols is 1. The van der Waals surface area contributed by atoms with E-state index in [4.69, 9.17) is 4.74 Å². The number of rotatable bonds is 18. The number of aromatic amines is 1. The van der Waals surface area contributed by atoms with Crippen molar-refractivity contribution in [3.63, 3.8) is 0 Å². The number of nitrogens with one attached hydrogen (secondary N) is 2. The number of fused-ring (bicyclic) bond motifs is 5. The number of amides is 1. The van der Waals surface area contributed by atoms with E-state index in [0.717, 1.165) is 100 Å². The number of unbranched alkanes of at least 4 members (excludes halogenated alkanes) is 6. The van der Waals surface area contributed by atoms with Crippen LogP contribution in [0.15, 0.2) is 95.8 Å². The van der Waals surface area contributed by atoms with Gasteiger partial charge in [-0.15, -0.1) is 0 Å². The van der Waals surface area contributed by atoms with E-state index in [9.17, 15) is 24.9 Å². The van der Waals surface area contributed by atoms with Crippen LogP contribution >= 0.6 is 0 Å². The number of hydrogen-bond donors (Lipinski definition) is 5. The maximum atomic E-state index is 13.2. The Morgan fingerprint density at radius 3 is 2.38 bits per heavy atom. The molecule has 2 bridgehead atoms. The number of carbonyl (C=O) groups is 1. The molecule has 3 aliphatic heterocycles. The van der Waals surface area contributed by atoms with Crippen molar-refractivity contribution in [2.45, 2.75) is 69.9 Å². The number of anilines is 1. The summed E-state index contributed by atoms with van der Waals surface area (Å²) in [4.78, 5) is 31.7. The Bertz CT molecular complexity index is 2110. The van der Waals surface area contributed by atoms with Crippen molar-refractivity contribution >= 4 is 33.5 Å². The van der Waals surface area contributed by atoms with Crippen LogP contribution in [-0.2, 0) is 0 Å². The van der Waals surface area contributed by atoms with E-state index in [1.54, 1.807) is 17.0 Å². The molecule has 8 rings (SSSR count). The van der Waals surface area contributed by atoms with Gasteiger partial charge in [0, 0.05) is 30.6 Å². The number of benzene rings is 4. The van der Waals surface area contributed by atoms with E-state index in [1.165, 1.54) is 12.1 Å². The fourth-order valence-electron chi connectivity index (χ4n) is 8.88. The highest BCUT2D eigenvalue weighted by atomic mass is 16.5. The summed E-state index contributed by atoms with van der Waals surface area (Å²) in [6.45, 7) is 4.88. The molecular weight excluding hydrogens is 693 g/mol. The van der Waals surface area contributed by atoms with Gasteiger partial charge in [-0.1, -0.05) is 86.7 Å². The molecule has 10 heteroatoms. The van der Waals surface area contributed by atoms with Crippen LogP contribution in [0.3, 0.4) is 0 Å². The van der Waals surface area contributed by atoms with Crippen LogP contribution in [0, 0.1) is 11.8 Å². The van der Waals surface area contributed by atoms with Crippen molar-refractivity contribution in [2.24, 2.45) is 11.8 Å². The smallest absolute Gasteiger partial charge is 0.412 e. The lowest BCUT2D eigenvalue weighted by molar-refractivity contribution is 0.0361. The predicted molar refractivity (Wildman–Crippen MR) is 218 cm³/mol. The van der Waals surface area contributed by atoms with E-state index < -0.39 is 12.2 Å². The molecule has 1 aromatic heterocycles. The van der Waals surface area contributed by atoms with Gasteiger partial charge in [0.15, 0.2) is 0 Å². The minimum atomic E-state index is -0.942. The van der Waals surface area contributed by atoms with Crippen LogP contribution in [0.2, 0.25) is 0 Å². The van der Waals surface area contributed by atoms with Crippen molar-refractivity contribution in [1.82, 2.24) is 15.2 Å². The summed E-state index contributed by atoms with van der Waals surface area (Å²) in [6.07, 6.45) is 8.08. The molecule has 5 aromatic rings. The van der Waals surface area contributed by atoms with E-state index in [2.05, 4.69) is 45.5 Å². The first-order valence-electron chi connectivity index (χ1n) is 20.1. The molecule has 290 valence electrons. The number of pyridine rings is 1. The summed E-state index contributed by atoms with van der Waals surface area (Å²) in [5.74, 6) is 1.37. The Labute approximate surface area is 322 Å². The maximum Gasteiger partial charge on any atom is 0.412 e. The quantitative estimate of drug-likeness (QED) is 0.0564. The Morgan fingerprint density at radius 2 is 1.60 bits per heavy atom. The number of ether oxygens (including phenoxy) is 1. The summed E-state index contributed by atoms with van der Waals surface area (Å²) in [5, 5.41) is 37.9. The summed E-state index contributed by atoms with van der Waals surface area (Å²) in [7, 11) is 0. The van der Waals surface area contributed by atoms with Crippen LogP contribution in [-0.4, -0.2) is 70.6 Å². The van der Waals surface area contributed by atoms with Crippen molar-refractivity contribution in [3.05, 3.63) is 112 Å². The summed E-state index contributed by atoms with van der Waals surface area (Å²) < 4.78 is 6.20. The predicted octanol–water partition coefficient (Wildman–Crippen LogP) is 8.39. The molecule has 0 radical (unpaired) electrons. The number of phenolic OH excluding ortho intramolecular Hbond substituents is 1. The van der Waals surface area contributed by atoms with Crippen LogP contribution in [0.1, 0.15) is 81.1 Å². The zero-order chi connectivity index (χ0) is 38.1. The van der Waals surface area contributed by atoms with Gasteiger partial charge in [0.25, 0.3) is 0 Å². The fourth-order valence-corrected chi connectivity index (χ4v) is 8.88. The normalized spacial score (nSPS) is 19.0. The summed E-state index contributed by atoms with van der Waals surface area (Å²) >= 11 is 0. The number of aromatic hydroxyl groups is 1. The van der Waals surface area contributed by atoms with Gasteiger partial charge in [-0.2, -0.15) is 0 Å². The Morgan fingerprint density at radius 1 is 0.855 bits per heavy atom. The monoisotopic (exact) mass is 746 g/mol. The molecule has 4 heterocycles. The molecule has 1 unspecified atom stereocenters. The zero-order valence-corrected chi connectivity index (χ0v) is 31.5. The first-order valence-corrected chi connectivity index (χ1v) is 20.1. The van der Waals surface area contributed by atoms with Gasteiger partial charge in [0.1, 0.15) is 11.5 Å². The van der Waals surface area contributed by atoms with E-state index >= 15 is 0 Å².